The molecule has 2 aromatic carbocycles. The normalized spacial score (nSPS) is 12.5. The van der Waals surface area contributed by atoms with Gasteiger partial charge in [-0.2, -0.15) is 0 Å². The van der Waals surface area contributed by atoms with Crippen LogP contribution < -0.4 is 5.32 Å². The van der Waals surface area contributed by atoms with Crippen LogP contribution in [0.25, 0.3) is 0 Å². The second-order valence-corrected chi connectivity index (χ2v) is 5.52. The number of halogens is 1. The van der Waals surface area contributed by atoms with E-state index in [2.05, 4.69) is 50.4 Å². The lowest BCUT2D eigenvalue weighted by atomic mass is 9.91. The standard InChI is InChI=1S/C17H20ClN/c1-11-5-7-15(12(2)9-11)17(19-4)16-8-6-14(18)10-13(16)3/h5-10,17,19H,1-4H3. The van der Waals surface area contributed by atoms with Gasteiger partial charge in [0.2, 0.25) is 0 Å². The second-order valence-electron chi connectivity index (χ2n) is 5.08. The molecule has 2 rings (SSSR count). The average molecular weight is 274 g/mol. The van der Waals surface area contributed by atoms with Gasteiger partial charge in [-0.1, -0.05) is 41.4 Å². The number of aryl methyl sites for hydroxylation is 3. The van der Waals surface area contributed by atoms with Crippen molar-refractivity contribution in [3.05, 3.63) is 69.2 Å². The van der Waals surface area contributed by atoms with Crippen LogP contribution in [0.2, 0.25) is 5.02 Å². The van der Waals surface area contributed by atoms with Gasteiger partial charge in [0.15, 0.2) is 0 Å². The van der Waals surface area contributed by atoms with E-state index in [1.807, 2.05) is 19.2 Å². The van der Waals surface area contributed by atoms with Crippen LogP contribution in [0, 0.1) is 20.8 Å². The molecule has 0 bridgehead atoms. The lowest BCUT2D eigenvalue weighted by Gasteiger charge is -2.22. The third kappa shape index (κ3) is 2.99. The molecule has 0 aliphatic heterocycles. The van der Waals surface area contributed by atoms with Gasteiger partial charge in [0.05, 0.1) is 6.04 Å². The van der Waals surface area contributed by atoms with Crippen molar-refractivity contribution < 1.29 is 0 Å². The molecule has 1 unspecified atom stereocenters. The van der Waals surface area contributed by atoms with Gasteiger partial charge in [0, 0.05) is 5.02 Å². The van der Waals surface area contributed by atoms with E-state index in [1.54, 1.807) is 0 Å². The fourth-order valence-electron chi connectivity index (χ4n) is 2.59. The highest BCUT2D eigenvalue weighted by Gasteiger charge is 2.16. The Bertz CT molecular complexity index is 538. The monoisotopic (exact) mass is 273 g/mol. The molecule has 0 amide bonds. The molecule has 0 radical (unpaired) electrons. The SMILES string of the molecule is CNC(c1ccc(C)cc1C)c1ccc(Cl)cc1C. The lowest BCUT2D eigenvalue weighted by Crippen LogP contribution is -2.19. The van der Waals surface area contributed by atoms with Crippen molar-refractivity contribution in [2.24, 2.45) is 0 Å². The number of nitrogens with one attached hydrogen (secondary N) is 1. The van der Waals surface area contributed by atoms with E-state index in [0.717, 1.165) is 5.02 Å². The predicted molar refractivity (Wildman–Crippen MR) is 83.0 cm³/mol. The number of benzene rings is 2. The van der Waals surface area contributed by atoms with Crippen molar-refractivity contribution in [1.29, 1.82) is 0 Å². The zero-order valence-corrected chi connectivity index (χ0v) is 12.7. The molecule has 0 saturated carbocycles. The number of hydrogen-bond donors (Lipinski definition) is 1. The molecule has 2 heteroatoms. The van der Waals surface area contributed by atoms with Gasteiger partial charge in [-0.3, -0.25) is 0 Å². The Hall–Kier alpha value is -1.31. The minimum Gasteiger partial charge on any atom is -0.309 e. The lowest BCUT2D eigenvalue weighted by molar-refractivity contribution is 0.683. The molecular formula is C17H20ClN. The molecular weight excluding hydrogens is 254 g/mol. The number of rotatable bonds is 3. The Balaban J connectivity index is 2.50. The van der Waals surface area contributed by atoms with E-state index < -0.39 is 0 Å². The van der Waals surface area contributed by atoms with Gasteiger partial charge >= 0.3 is 0 Å². The third-order valence-corrected chi connectivity index (χ3v) is 3.80. The molecule has 0 aliphatic carbocycles. The molecule has 19 heavy (non-hydrogen) atoms. The van der Waals surface area contributed by atoms with Crippen molar-refractivity contribution in [3.8, 4) is 0 Å². The molecule has 0 aliphatic rings. The first-order valence-electron chi connectivity index (χ1n) is 6.53. The summed E-state index contributed by atoms with van der Waals surface area (Å²) in [5, 5.41) is 4.20. The summed E-state index contributed by atoms with van der Waals surface area (Å²) in [6.07, 6.45) is 0. The van der Waals surface area contributed by atoms with E-state index in [4.69, 9.17) is 11.6 Å². The summed E-state index contributed by atoms with van der Waals surface area (Å²) in [7, 11) is 2.00. The van der Waals surface area contributed by atoms with Crippen molar-refractivity contribution in [3.63, 3.8) is 0 Å². The summed E-state index contributed by atoms with van der Waals surface area (Å²) in [6.45, 7) is 6.39. The van der Waals surface area contributed by atoms with Crippen LogP contribution in [0.4, 0.5) is 0 Å². The van der Waals surface area contributed by atoms with E-state index in [-0.39, 0.29) is 6.04 Å². The zero-order valence-electron chi connectivity index (χ0n) is 11.9. The van der Waals surface area contributed by atoms with Crippen LogP contribution in [-0.2, 0) is 0 Å². The van der Waals surface area contributed by atoms with Crippen LogP contribution in [0.1, 0.15) is 33.9 Å². The Labute approximate surface area is 120 Å². The summed E-state index contributed by atoms with van der Waals surface area (Å²) >= 11 is 6.04. The fraction of sp³-hybridized carbons (Fsp3) is 0.294. The maximum atomic E-state index is 6.04. The van der Waals surface area contributed by atoms with Crippen molar-refractivity contribution in [2.75, 3.05) is 7.05 Å². The zero-order chi connectivity index (χ0) is 14.0. The summed E-state index contributed by atoms with van der Waals surface area (Å²) in [6, 6.07) is 12.9. The van der Waals surface area contributed by atoms with Gasteiger partial charge in [-0.25, -0.2) is 0 Å². The Morgan fingerprint density at radius 3 is 2.00 bits per heavy atom. The first-order valence-corrected chi connectivity index (χ1v) is 6.91. The van der Waals surface area contributed by atoms with Gasteiger partial charge < -0.3 is 5.32 Å². The first-order chi connectivity index (χ1) is 9.02. The minimum absolute atomic E-state index is 0.206. The topological polar surface area (TPSA) is 12.0 Å². The van der Waals surface area contributed by atoms with Crippen molar-refractivity contribution >= 4 is 11.6 Å². The summed E-state index contributed by atoms with van der Waals surface area (Å²) in [5.74, 6) is 0. The van der Waals surface area contributed by atoms with E-state index in [9.17, 15) is 0 Å². The highest BCUT2D eigenvalue weighted by atomic mass is 35.5. The van der Waals surface area contributed by atoms with Crippen LogP contribution >= 0.6 is 11.6 Å². The van der Waals surface area contributed by atoms with Gasteiger partial charge in [0.1, 0.15) is 0 Å². The van der Waals surface area contributed by atoms with Gasteiger partial charge in [-0.05, 0) is 62.2 Å². The Kier molecular flexibility index (Phi) is 4.28. The highest BCUT2D eigenvalue weighted by molar-refractivity contribution is 6.30. The van der Waals surface area contributed by atoms with Crippen LogP contribution in [0.3, 0.4) is 0 Å². The molecule has 1 atom stereocenters. The maximum Gasteiger partial charge on any atom is 0.0579 e. The molecule has 0 aromatic heterocycles. The summed E-state index contributed by atoms with van der Waals surface area (Å²) in [4.78, 5) is 0. The molecule has 1 nitrogen and oxygen atoms in total. The highest BCUT2D eigenvalue weighted by Crippen LogP contribution is 2.28. The van der Waals surface area contributed by atoms with Crippen LogP contribution in [0.5, 0.6) is 0 Å². The first kappa shape index (κ1) is 14.1. The predicted octanol–water partition coefficient (Wildman–Crippen LogP) is 4.57. The fourth-order valence-corrected chi connectivity index (χ4v) is 2.82. The van der Waals surface area contributed by atoms with Crippen molar-refractivity contribution in [2.45, 2.75) is 26.8 Å². The maximum absolute atomic E-state index is 6.04. The van der Waals surface area contributed by atoms with E-state index >= 15 is 0 Å². The molecule has 0 spiro atoms. The van der Waals surface area contributed by atoms with Crippen molar-refractivity contribution in [1.82, 2.24) is 5.32 Å². The Morgan fingerprint density at radius 1 is 0.895 bits per heavy atom. The molecule has 100 valence electrons. The minimum atomic E-state index is 0.206. The molecule has 0 fully saturated rings. The quantitative estimate of drug-likeness (QED) is 0.863. The largest absolute Gasteiger partial charge is 0.309 e. The smallest absolute Gasteiger partial charge is 0.0579 e. The molecule has 1 N–H and O–H groups in total. The van der Waals surface area contributed by atoms with Gasteiger partial charge in [-0.15, -0.1) is 0 Å². The van der Waals surface area contributed by atoms with Gasteiger partial charge in [0.25, 0.3) is 0 Å². The molecule has 2 aromatic rings. The second kappa shape index (κ2) is 5.77. The Morgan fingerprint density at radius 2 is 1.47 bits per heavy atom. The summed E-state index contributed by atoms with van der Waals surface area (Å²) < 4.78 is 0. The third-order valence-electron chi connectivity index (χ3n) is 3.57. The van der Waals surface area contributed by atoms with E-state index in [1.165, 1.54) is 27.8 Å². The van der Waals surface area contributed by atoms with Crippen LogP contribution in [0.15, 0.2) is 36.4 Å². The summed E-state index contributed by atoms with van der Waals surface area (Å²) in [5.41, 5.74) is 6.42. The molecule has 0 saturated heterocycles. The number of hydrogen-bond acceptors (Lipinski definition) is 1. The van der Waals surface area contributed by atoms with E-state index in [0.29, 0.717) is 0 Å². The average Bonchev–Trinajstić information content (AvgIpc) is 2.34. The van der Waals surface area contributed by atoms with Crippen LogP contribution in [-0.4, -0.2) is 7.05 Å². The molecule has 0 heterocycles.